The molecule has 154 valence electrons. The van der Waals surface area contributed by atoms with E-state index < -0.39 is 17.0 Å². The molecule has 0 saturated heterocycles. The van der Waals surface area contributed by atoms with Crippen molar-refractivity contribution >= 4 is 44.9 Å². The Morgan fingerprint density at radius 2 is 1.93 bits per heavy atom. The fourth-order valence-electron chi connectivity index (χ4n) is 2.63. The summed E-state index contributed by atoms with van der Waals surface area (Å²) in [4.78, 5) is 33.5. The third-order valence-electron chi connectivity index (χ3n) is 4.41. The first kappa shape index (κ1) is 21.4. The number of aromatic amines is 1. The molecule has 1 amide bonds. The highest BCUT2D eigenvalue weighted by Gasteiger charge is 2.30. The topological polar surface area (TPSA) is 74.8 Å². The van der Waals surface area contributed by atoms with Crippen molar-refractivity contribution in [3.05, 3.63) is 56.4 Å². The Morgan fingerprint density at radius 1 is 1.28 bits per heavy atom. The van der Waals surface area contributed by atoms with Gasteiger partial charge in [0.05, 0.1) is 22.0 Å². The largest absolute Gasteiger partial charge is 0.416 e. The van der Waals surface area contributed by atoms with Crippen LogP contribution in [0, 0.1) is 13.8 Å². The third-order valence-corrected chi connectivity index (χ3v) is 6.66. The van der Waals surface area contributed by atoms with Gasteiger partial charge in [-0.1, -0.05) is 0 Å². The van der Waals surface area contributed by atoms with Gasteiger partial charge in [0, 0.05) is 10.6 Å². The molecule has 3 aromatic rings. The minimum atomic E-state index is -4.42. The van der Waals surface area contributed by atoms with Gasteiger partial charge in [0.15, 0.2) is 0 Å². The molecule has 0 aliphatic rings. The van der Waals surface area contributed by atoms with E-state index in [4.69, 9.17) is 0 Å². The molecule has 0 unspecified atom stereocenters. The van der Waals surface area contributed by atoms with E-state index in [1.807, 2.05) is 13.8 Å². The standard InChI is InChI=1S/C19H18F3N3O2S2/c1-9-10(2)29-18-15(9)17(27)24-14(25-18)8-28-11(3)16(26)23-13-6-4-12(5-7-13)19(20,21)22/h4-7,11H,8H2,1-3H3,(H,23,26)(H,24,25,27)/t11-/m1/s1. The SMILES string of the molecule is Cc1sc2nc(CS[C@H](C)C(=O)Nc3ccc(C(F)(F)F)cc3)[nH]c(=O)c2c1C. The maximum atomic E-state index is 12.6. The van der Waals surface area contributed by atoms with Crippen LogP contribution >= 0.6 is 23.1 Å². The fourth-order valence-corrected chi connectivity index (χ4v) is 4.44. The van der Waals surface area contributed by atoms with Crippen LogP contribution in [0.2, 0.25) is 0 Å². The number of anilines is 1. The van der Waals surface area contributed by atoms with Gasteiger partial charge < -0.3 is 10.3 Å². The van der Waals surface area contributed by atoms with E-state index in [0.29, 0.717) is 21.8 Å². The molecule has 0 radical (unpaired) electrons. The van der Waals surface area contributed by atoms with Gasteiger partial charge >= 0.3 is 6.18 Å². The number of carbonyl (C=O) groups excluding carboxylic acids is 1. The lowest BCUT2D eigenvalue weighted by Crippen LogP contribution is -2.23. The quantitative estimate of drug-likeness (QED) is 0.592. The van der Waals surface area contributed by atoms with Crippen LogP contribution in [0.25, 0.3) is 10.2 Å². The van der Waals surface area contributed by atoms with Crippen molar-refractivity contribution in [1.82, 2.24) is 9.97 Å². The van der Waals surface area contributed by atoms with Crippen LogP contribution in [-0.4, -0.2) is 21.1 Å². The summed E-state index contributed by atoms with van der Waals surface area (Å²) in [5.41, 5.74) is 0.229. The lowest BCUT2D eigenvalue weighted by Gasteiger charge is -2.13. The molecule has 10 heteroatoms. The number of H-pyrrole nitrogens is 1. The fraction of sp³-hybridized carbons (Fsp3) is 0.316. The number of hydrogen-bond donors (Lipinski definition) is 2. The molecule has 2 N–H and O–H groups in total. The number of fused-ring (bicyclic) bond motifs is 1. The van der Waals surface area contributed by atoms with Gasteiger partial charge in [-0.15, -0.1) is 23.1 Å². The highest BCUT2D eigenvalue weighted by Crippen LogP contribution is 2.30. The van der Waals surface area contributed by atoms with Gasteiger partial charge in [-0.05, 0) is 50.6 Å². The minimum Gasteiger partial charge on any atom is -0.325 e. The highest BCUT2D eigenvalue weighted by molar-refractivity contribution is 7.99. The van der Waals surface area contributed by atoms with Gasteiger partial charge in [-0.2, -0.15) is 13.2 Å². The van der Waals surface area contributed by atoms with Crippen molar-refractivity contribution < 1.29 is 18.0 Å². The second-order valence-electron chi connectivity index (χ2n) is 6.49. The maximum Gasteiger partial charge on any atom is 0.416 e. The monoisotopic (exact) mass is 441 g/mol. The van der Waals surface area contributed by atoms with Crippen molar-refractivity contribution in [2.75, 3.05) is 5.32 Å². The Hall–Kier alpha value is -2.33. The zero-order valence-electron chi connectivity index (χ0n) is 15.8. The maximum absolute atomic E-state index is 12.6. The number of rotatable bonds is 5. The molecule has 0 saturated carbocycles. The van der Waals surface area contributed by atoms with Crippen LogP contribution in [0.3, 0.4) is 0 Å². The number of alkyl halides is 3. The molecule has 29 heavy (non-hydrogen) atoms. The predicted octanol–water partition coefficient (Wildman–Crippen LogP) is 4.88. The highest BCUT2D eigenvalue weighted by atomic mass is 32.2. The lowest BCUT2D eigenvalue weighted by molar-refractivity contribution is -0.137. The number of halogens is 3. The molecule has 1 atom stereocenters. The molecule has 2 heterocycles. The van der Waals surface area contributed by atoms with E-state index >= 15 is 0 Å². The number of benzene rings is 1. The number of carbonyl (C=O) groups is 1. The van der Waals surface area contributed by atoms with Crippen LogP contribution in [-0.2, 0) is 16.7 Å². The van der Waals surface area contributed by atoms with Gasteiger partial charge in [0.25, 0.3) is 5.56 Å². The van der Waals surface area contributed by atoms with Crippen molar-refractivity contribution in [1.29, 1.82) is 0 Å². The third kappa shape index (κ3) is 4.81. The molecule has 3 rings (SSSR count). The smallest absolute Gasteiger partial charge is 0.325 e. The molecule has 0 aliphatic carbocycles. The second kappa shape index (κ2) is 8.19. The van der Waals surface area contributed by atoms with Crippen LogP contribution in [0.15, 0.2) is 29.1 Å². The van der Waals surface area contributed by atoms with E-state index in [1.165, 1.54) is 35.2 Å². The normalized spacial score (nSPS) is 12.9. The van der Waals surface area contributed by atoms with Crippen molar-refractivity contribution in [3.63, 3.8) is 0 Å². The summed E-state index contributed by atoms with van der Waals surface area (Å²) in [5, 5.41) is 2.69. The number of aryl methyl sites for hydroxylation is 2. The number of aromatic nitrogens is 2. The average Bonchev–Trinajstić information content (AvgIpc) is 2.93. The summed E-state index contributed by atoms with van der Waals surface area (Å²) in [6, 6.07) is 4.27. The lowest BCUT2D eigenvalue weighted by atomic mass is 10.2. The zero-order valence-corrected chi connectivity index (χ0v) is 17.4. The molecule has 2 aromatic heterocycles. The first-order valence-electron chi connectivity index (χ1n) is 8.65. The first-order valence-corrected chi connectivity index (χ1v) is 10.5. The van der Waals surface area contributed by atoms with Crippen LogP contribution in [0.5, 0.6) is 0 Å². The number of amides is 1. The Balaban J connectivity index is 1.63. The summed E-state index contributed by atoms with van der Waals surface area (Å²) in [7, 11) is 0. The molecule has 1 aromatic carbocycles. The van der Waals surface area contributed by atoms with E-state index in [9.17, 15) is 22.8 Å². The van der Waals surface area contributed by atoms with Crippen LogP contribution in [0.1, 0.15) is 28.8 Å². The number of nitrogens with zero attached hydrogens (tertiary/aromatic N) is 1. The van der Waals surface area contributed by atoms with E-state index in [-0.39, 0.29) is 17.2 Å². The molecule has 0 fully saturated rings. The van der Waals surface area contributed by atoms with E-state index in [0.717, 1.165) is 22.6 Å². The van der Waals surface area contributed by atoms with Crippen molar-refractivity contribution in [2.24, 2.45) is 0 Å². The second-order valence-corrected chi connectivity index (χ2v) is 9.03. The molecule has 0 aliphatic heterocycles. The zero-order chi connectivity index (χ0) is 21.3. The van der Waals surface area contributed by atoms with Gasteiger partial charge in [0.2, 0.25) is 5.91 Å². The Bertz CT molecular complexity index is 1100. The van der Waals surface area contributed by atoms with Crippen LogP contribution < -0.4 is 10.9 Å². The average molecular weight is 442 g/mol. The summed E-state index contributed by atoms with van der Waals surface area (Å²) in [5.74, 6) is 0.451. The molecular formula is C19H18F3N3O2S2. The number of nitrogens with one attached hydrogen (secondary N) is 2. The minimum absolute atomic E-state index is 0.200. The molecule has 0 bridgehead atoms. The number of thiophene rings is 1. The number of thioether (sulfide) groups is 1. The van der Waals surface area contributed by atoms with Crippen molar-refractivity contribution in [2.45, 2.75) is 38.0 Å². The van der Waals surface area contributed by atoms with Gasteiger partial charge in [-0.3, -0.25) is 9.59 Å². The Labute approximate surface area is 172 Å². The Morgan fingerprint density at radius 3 is 2.55 bits per heavy atom. The summed E-state index contributed by atoms with van der Waals surface area (Å²) in [6.45, 7) is 5.50. The van der Waals surface area contributed by atoms with Crippen molar-refractivity contribution in [3.8, 4) is 0 Å². The van der Waals surface area contributed by atoms with E-state index in [1.54, 1.807) is 6.92 Å². The summed E-state index contributed by atoms with van der Waals surface area (Å²) in [6.07, 6.45) is -4.42. The van der Waals surface area contributed by atoms with Gasteiger partial charge in [0.1, 0.15) is 10.7 Å². The summed E-state index contributed by atoms with van der Waals surface area (Å²) < 4.78 is 37.8. The number of hydrogen-bond acceptors (Lipinski definition) is 5. The van der Waals surface area contributed by atoms with E-state index in [2.05, 4.69) is 15.3 Å². The van der Waals surface area contributed by atoms with Gasteiger partial charge in [-0.25, -0.2) is 4.98 Å². The summed E-state index contributed by atoms with van der Waals surface area (Å²) >= 11 is 2.72. The molecule has 5 nitrogen and oxygen atoms in total. The molecule has 0 spiro atoms. The first-order chi connectivity index (χ1) is 13.6. The molecular weight excluding hydrogens is 423 g/mol. The Kier molecular flexibility index (Phi) is 6.04. The van der Waals surface area contributed by atoms with Crippen LogP contribution in [0.4, 0.5) is 18.9 Å². The predicted molar refractivity (Wildman–Crippen MR) is 111 cm³/mol.